The minimum Gasteiger partial charge on any atom is -0.338 e. The highest BCUT2D eigenvalue weighted by molar-refractivity contribution is 6.35. The van der Waals surface area contributed by atoms with Gasteiger partial charge in [-0.2, -0.15) is 0 Å². The highest BCUT2D eigenvalue weighted by atomic mass is 35.5. The van der Waals surface area contributed by atoms with Crippen LogP contribution in [0.15, 0.2) is 24.3 Å². The third-order valence-corrected chi connectivity index (χ3v) is 6.16. The Balaban J connectivity index is 1.63. The maximum atomic E-state index is 13.3. The number of aromatic nitrogens is 1. The van der Waals surface area contributed by atoms with E-state index in [0.717, 1.165) is 42.8 Å². The van der Waals surface area contributed by atoms with Crippen molar-refractivity contribution < 1.29 is 4.79 Å². The normalized spacial score (nSPS) is 24.0. The van der Waals surface area contributed by atoms with Gasteiger partial charge in [0.1, 0.15) is 5.69 Å². The molecule has 3 fully saturated rings. The van der Waals surface area contributed by atoms with Gasteiger partial charge in [-0.1, -0.05) is 30.7 Å². The summed E-state index contributed by atoms with van der Waals surface area (Å²) < 4.78 is 1.95. The lowest BCUT2D eigenvalue weighted by atomic mass is 9.95. The molecule has 3 aliphatic rings. The number of piperidine rings is 1. The molecule has 0 spiro atoms. The zero-order valence-electron chi connectivity index (χ0n) is 15.0. The van der Waals surface area contributed by atoms with Crippen LogP contribution < -0.4 is 0 Å². The van der Waals surface area contributed by atoms with Gasteiger partial charge in [-0.25, -0.2) is 0 Å². The number of hydrogen-bond donors (Lipinski definition) is 0. The minimum absolute atomic E-state index is 0.144. The molecule has 4 heterocycles. The van der Waals surface area contributed by atoms with Crippen molar-refractivity contribution in [2.75, 3.05) is 26.2 Å². The summed E-state index contributed by atoms with van der Waals surface area (Å²) in [6, 6.07) is 8.34. The zero-order chi connectivity index (χ0) is 17.6. The molecule has 2 aromatic rings. The van der Waals surface area contributed by atoms with Crippen molar-refractivity contribution in [1.82, 2.24) is 14.4 Å². The summed E-state index contributed by atoms with van der Waals surface area (Å²) in [5.74, 6) is 0.748. The Morgan fingerprint density at radius 2 is 2.08 bits per heavy atom. The van der Waals surface area contributed by atoms with E-state index in [1.54, 1.807) is 0 Å². The van der Waals surface area contributed by atoms with Crippen LogP contribution in [0, 0.1) is 5.92 Å². The van der Waals surface area contributed by atoms with E-state index >= 15 is 0 Å². The first-order chi connectivity index (χ1) is 12.1. The van der Waals surface area contributed by atoms with Gasteiger partial charge in [-0.15, -0.1) is 0 Å². The lowest BCUT2D eigenvalue weighted by molar-refractivity contribution is 0.0729. The van der Waals surface area contributed by atoms with Gasteiger partial charge in [0.05, 0.1) is 10.5 Å². The first kappa shape index (κ1) is 16.9. The Morgan fingerprint density at radius 3 is 2.84 bits per heavy atom. The van der Waals surface area contributed by atoms with Crippen molar-refractivity contribution >= 4 is 28.4 Å². The van der Waals surface area contributed by atoms with Crippen LogP contribution in [0.3, 0.4) is 0 Å². The van der Waals surface area contributed by atoms with E-state index in [9.17, 15) is 4.79 Å². The predicted molar refractivity (Wildman–Crippen MR) is 102 cm³/mol. The van der Waals surface area contributed by atoms with Crippen LogP contribution in [-0.2, 0) is 7.05 Å². The highest BCUT2D eigenvalue weighted by Gasteiger charge is 2.36. The summed E-state index contributed by atoms with van der Waals surface area (Å²) in [4.78, 5) is 18.0. The van der Waals surface area contributed by atoms with Gasteiger partial charge in [0.25, 0.3) is 5.91 Å². The van der Waals surface area contributed by atoms with Crippen molar-refractivity contribution in [3.63, 3.8) is 0 Å². The summed E-state index contributed by atoms with van der Waals surface area (Å²) in [5.41, 5.74) is 1.68. The summed E-state index contributed by atoms with van der Waals surface area (Å²) in [7, 11) is 1.94. The standard InChI is InChI=1S/C20H26ClN3O/c1-3-9-23-11-14-7-8-16(23)13-24(12-14)20(25)18-10-15-5-4-6-17(21)19(15)22(18)2/h4-6,10,14,16H,3,7-9,11-13H2,1-2H3/t14-,16-/m1/s1. The molecule has 0 radical (unpaired) electrons. The fourth-order valence-corrected chi connectivity index (χ4v) is 4.95. The third kappa shape index (κ3) is 2.96. The summed E-state index contributed by atoms with van der Waals surface area (Å²) in [6.45, 7) is 6.26. The van der Waals surface area contributed by atoms with Crippen LogP contribution in [-0.4, -0.2) is 52.5 Å². The van der Waals surface area contributed by atoms with Gasteiger partial charge in [0.15, 0.2) is 0 Å². The number of aryl methyl sites for hydroxylation is 1. The van der Waals surface area contributed by atoms with Crippen molar-refractivity contribution in [2.45, 2.75) is 32.2 Å². The van der Waals surface area contributed by atoms with Crippen LogP contribution in [0.25, 0.3) is 10.9 Å². The molecule has 0 aliphatic carbocycles. The molecule has 5 heteroatoms. The molecule has 3 saturated heterocycles. The maximum absolute atomic E-state index is 13.3. The van der Waals surface area contributed by atoms with Crippen molar-refractivity contribution in [2.24, 2.45) is 13.0 Å². The van der Waals surface area contributed by atoms with Crippen LogP contribution >= 0.6 is 11.6 Å². The molecule has 1 aromatic heterocycles. The predicted octanol–water partition coefficient (Wildman–Crippen LogP) is 3.78. The average Bonchev–Trinajstić information content (AvgIpc) is 2.74. The van der Waals surface area contributed by atoms with E-state index in [1.165, 1.54) is 19.3 Å². The Labute approximate surface area is 154 Å². The Hall–Kier alpha value is -1.52. The van der Waals surface area contributed by atoms with Crippen LogP contribution in [0.5, 0.6) is 0 Å². The van der Waals surface area contributed by atoms with Gasteiger partial charge in [0.2, 0.25) is 0 Å². The van der Waals surface area contributed by atoms with Crippen molar-refractivity contribution in [1.29, 1.82) is 0 Å². The maximum Gasteiger partial charge on any atom is 0.270 e. The van der Waals surface area contributed by atoms with E-state index in [4.69, 9.17) is 11.6 Å². The summed E-state index contributed by atoms with van der Waals surface area (Å²) >= 11 is 6.35. The lowest BCUT2D eigenvalue weighted by Gasteiger charge is -2.35. The molecule has 0 N–H and O–H groups in total. The Kier molecular flexibility index (Phi) is 4.50. The van der Waals surface area contributed by atoms with Crippen LogP contribution in [0.4, 0.5) is 0 Å². The topological polar surface area (TPSA) is 28.5 Å². The molecule has 4 nitrogen and oxygen atoms in total. The number of carbonyl (C=O) groups is 1. The second-order valence-electron chi connectivity index (χ2n) is 7.57. The van der Waals surface area contributed by atoms with Gasteiger partial charge >= 0.3 is 0 Å². The van der Waals surface area contributed by atoms with Gasteiger partial charge in [-0.3, -0.25) is 9.69 Å². The monoisotopic (exact) mass is 359 g/mol. The minimum atomic E-state index is 0.144. The molecule has 1 amide bonds. The van der Waals surface area contributed by atoms with Crippen molar-refractivity contribution in [3.8, 4) is 0 Å². The van der Waals surface area contributed by atoms with E-state index in [0.29, 0.717) is 17.0 Å². The second kappa shape index (κ2) is 6.65. The number of para-hydroxylation sites is 1. The molecule has 2 atom stereocenters. The largest absolute Gasteiger partial charge is 0.338 e. The molecule has 2 bridgehead atoms. The SMILES string of the molecule is CCCN1C[C@H]2CC[C@@H]1CN(C(=O)c1cc3cccc(Cl)c3n1C)C2. The second-order valence-corrected chi connectivity index (χ2v) is 7.98. The summed E-state index contributed by atoms with van der Waals surface area (Å²) in [5, 5.41) is 1.73. The number of halogens is 1. The van der Waals surface area contributed by atoms with E-state index in [1.807, 2.05) is 35.9 Å². The fraction of sp³-hybridized carbons (Fsp3) is 0.550. The number of fused-ring (bicyclic) bond motifs is 5. The Bertz CT molecular complexity index is 800. The van der Waals surface area contributed by atoms with Gasteiger partial charge < -0.3 is 9.47 Å². The van der Waals surface area contributed by atoms with E-state index in [-0.39, 0.29) is 5.91 Å². The Morgan fingerprint density at radius 1 is 1.24 bits per heavy atom. The molecule has 25 heavy (non-hydrogen) atoms. The van der Waals surface area contributed by atoms with E-state index in [2.05, 4.69) is 16.7 Å². The molecule has 0 unspecified atom stereocenters. The molecular formula is C20H26ClN3O. The molecule has 5 rings (SSSR count). The quantitative estimate of drug-likeness (QED) is 0.834. The molecule has 3 aliphatic heterocycles. The average molecular weight is 360 g/mol. The number of carbonyl (C=O) groups excluding carboxylic acids is 1. The highest BCUT2D eigenvalue weighted by Crippen LogP contribution is 2.31. The smallest absolute Gasteiger partial charge is 0.270 e. The molecule has 0 saturated carbocycles. The lowest BCUT2D eigenvalue weighted by Crippen LogP contribution is -2.44. The number of hydrogen-bond acceptors (Lipinski definition) is 2. The first-order valence-electron chi connectivity index (χ1n) is 9.35. The number of nitrogens with zero attached hydrogens (tertiary/aromatic N) is 3. The number of amides is 1. The third-order valence-electron chi connectivity index (χ3n) is 5.85. The molecule has 1 aromatic carbocycles. The zero-order valence-corrected chi connectivity index (χ0v) is 15.8. The molecular weight excluding hydrogens is 334 g/mol. The van der Waals surface area contributed by atoms with Crippen LogP contribution in [0.2, 0.25) is 5.02 Å². The van der Waals surface area contributed by atoms with Crippen LogP contribution in [0.1, 0.15) is 36.7 Å². The van der Waals surface area contributed by atoms with Gasteiger partial charge in [-0.05, 0) is 43.9 Å². The fourth-order valence-electron chi connectivity index (χ4n) is 4.64. The summed E-state index contributed by atoms with van der Waals surface area (Å²) in [6.07, 6.45) is 3.64. The first-order valence-corrected chi connectivity index (χ1v) is 9.73. The van der Waals surface area contributed by atoms with E-state index < -0.39 is 0 Å². The van der Waals surface area contributed by atoms with Crippen molar-refractivity contribution in [3.05, 3.63) is 35.0 Å². The molecule has 134 valence electrons. The number of rotatable bonds is 3. The van der Waals surface area contributed by atoms with Gasteiger partial charge in [0, 0.05) is 38.1 Å². The number of benzene rings is 1.